The first-order valence-electron chi connectivity index (χ1n) is 10.4. The third-order valence-corrected chi connectivity index (χ3v) is 6.19. The Morgan fingerprint density at radius 1 is 0.733 bits per heavy atom. The largest absolute Gasteiger partial charge is 0.386 e. The van der Waals surface area contributed by atoms with Crippen molar-refractivity contribution in [3.63, 3.8) is 0 Å². The third kappa shape index (κ3) is 3.07. The molecular weight excluding hydrogens is 372 g/mol. The van der Waals surface area contributed by atoms with Gasteiger partial charge in [-0.2, -0.15) is 0 Å². The minimum atomic E-state index is -0.550. The van der Waals surface area contributed by atoms with E-state index in [4.69, 9.17) is 0 Å². The number of hydrogen-bond acceptors (Lipinski definition) is 3. The van der Waals surface area contributed by atoms with Gasteiger partial charge in [-0.05, 0) is 70.0 Å². The molecular formula is C27H22O3. The van der Waals surface area contributed by atoms with E-state index in [0.717, 1.165) is 0 Å². The van der Waals surface area contributed by atoms with Crippen LogP contribution in [0.4, 0.5) is 0 Å². The normalized spacial score (nSPS) is 17.2. The first kappa shape index (κ1) is 18.6. The molecule has 2 aliphatic rings. The molecule has 3 heteroatoms. The van der Waals surface area contributed by atoms with E-state index in [-0.39, 0.29) is 0 Å². The van der Waals surface area contributed by atoms with E-state index in [1.54, 1.807) is 35.4 Å². The molecule has 0 saturated carbocycles. The van der Waals surface area contributed by atoms with E-state index in [2.05, 4.69) is 60.2 Å². The van der Waals surface area contributed by atoms with Gasteiger partial charge in [0.25, 0.3) is 0 Å². The van der Waals surface area contributed by atoms with Gasteiger partial charge in [-0.1, -0.05) is 67.6 Å². The molecule has 0 spiro atoms. The Balaban J connectivity index is 0.000000149. The Bertz CT molecular complexity index is 1270. The van der Waals surface area contributed by atoms with Crippen molar-refractivity contribution in [1.82, 2.24) is 0 Å². The molecule has 0 fully saturated rings. The summed E-state index contributed by atoms with van der Waals surface area (Å²) >= 11 is 0. The van der Waals surface area contributed by atoms with Crippen LogP contribution >= 0.6 is 0 Å². The maximum absolute atomic E-state index is 10.8. The van der Waals surface area contributed by atoms with Gasteiger partial charge in [-0.15, -0.1) is 0 Å². The zero-order valence-corrected chi connectivity index (χ0v) is 16.9. The minimum absolute atomic E-state index is 0.359. The molecule has 30 heavy (non-hydrogen) atoms. The maximum Gasteiger partial charge on any atom is 0.346 e. The zero-order valence-electron chi connectivity index (χ0n) is 16.9. The van der Waals surface area contributed by atoms with Crippen molar-refractivity contribution in [2.24, 2.45) is 0 Å². The summed E-state index contributed by atoms with van der Waals surface area (Å²) in [6.07, 6.45) is 3.93. The van der Waals surface area contributed by atoms with Gasteiger partial charge in [0.15, 0.2) is 0 Å². The number of rotatable bonds is 0. The SMILES string of the molecule is CC1CCCc2ccc3c(ccc4ccccc43)c21.O=C1OC(=O)c2ccccc21. The fraction of sp³-hybridized carbons (Fsp3) is 0.185. The van der Waals surface area contributed by atoms with Crippen LogP contribution in [-0.2, 0) is 11.2 Å². The molecule has 0 bridgehead atoms. The van der Waals surface area contributed by atoms with Crippen LogP contribution in [0.15, 0.2) is 72.8 Å². The van der Waals surface area contributed by atoms with Crippen LogP contribution in [0.2, 0.25) is 0 Å². The van der Waals surface area contributed by atoms with Crippen molar-refractivity contribution in [2.45, 2.75) is 32.1 Å². The van der Waals surface area contributed by atoms with Crippen LogP contribution in [-0.4, -0.2) is 11.9 Å². The number of fused-ring (bicyclic) bond motifs is 6. The number of hydrogen-bond donors (Lipinski definition) is 0. The Morgan fingerprint density at radius 3 is 2.17 bits per heavy atom. The van der Waals surface area contributed by atoms with Crippen LogP contribution in [0.5, 0.6) is 0 Å². The smallest absolute Gasteiger partial charge is 0.346 e. The molecule has 1 heterocycles. The van der Waals surface area contributed by atoms with Gasteiger partial charge in [0, 0.05) is 0 Å². The molecule has 6 rings (SSSR count). The fourth-order valence-electron chi connectivity index (χ4n) is 4.73. The average Bonchev–Trinajstić information content (AvgIpc) is 3.07. The third-order valence-electron chi connectivity index (χ3n) is 6.19. The number of cyclic esters (lactones) is 2. The molecule has 148 valence electrons. The van der Waals surface area contributed by atoms with Crippen LogP contribution in [0.3, 0.4) is 0 Å². The van der Waals surface area contributed by atoms with Crippen molar-refractivity contribution in [3.8, 4) is 0 Å². The van der Waals surface area contributed by atoms with Gasteiger partial charge >= 0.3 is 11.9 Å². The van der Waals surface area contributed by atoms with Gasteiger partial charge in [-0.3, -0.25) is 0 Å². The van der Waals surface area contributed by atoms with Crippen LogP contribution in [0.25, 0.3) is 21.5 Å². The second-order valence-corrected chi connectivity index (χ2v) is 8.04. The number of aryl methyl sites for hydroxylation is 1. The Kier molecular flexibility index (Phi) is 4.59. The van der Waals surface area contributed by atoms with E-state index >= 15 is 0 Å². The lowest BCUT2D eigenvalue weighted by Gasteiger charge is -2.24. The minimum Gasteiger partial charge on any atom is -0.386 e. The molecule has 0 N–H and O–H groups in total. The van der Waals surface area contributed by atoms with Gasteiger partial charge in [0.2, 0.25) is 0 Å². The Labute approximate surface area is 175 Å². The summed E-state index contributed by atoms with van der Waals surface area (Å²) in [4.78, 5) is 21.7. The number of ether oxygens (including phenoxy) is 1. The first-order chi connectivity index (χ1) is 14.6. The van der Waals surface area contributed by atoms with Crippen molar-refractivity contribution >= 4 is 33.5 Å². The summed E-state index contributed by atoms with van der Waals surface area (Å²) in [5, 5.41) is 5.63. The van der Waals surface area contributed by atoms with E-state index < -0.39 is 11.9 Å². The lowest BCUT2D eigenvalue weighted by molar-refractivity contribution is 0.0444. The van der Waals surface area contributed by atoms with Gasteiger partial charge in [-0.25, -0.2) is 9.59 Å². The highest BCUT2D eigenvalue weighted by Gasteiger charge is 2.28. The molecule has 1 unspecified atom stereocenters. The Hall–Kier alpha value is -3.46. The van der Waals surface area contributed by atoms with E-state index in [0.29, 0.717) is 17.0 Å². The predicted molar refractivity (Wildman–Crippen MR) is 119 cm³/mol. The van der Waals surface area contributed by atoms with Crippen LogP contribution in [0.1, 0.15) is 57.5 Å². The average molecular weight is 394 g/mol. The summed E-state index contributed by atoms with van der Waals surface area (Å²) in [5.41, 5.74) is 3.89. The lowest BCUT2D eigenvalue weighted by Crippen LogP contribution is -2.07. The molecule has 1 atom stereocenters. The quantitative estimate of drug-likeness (QED) is 0.196. The van der Waals surface area contributed by atoms with Crippen molar-refractivity contribution in [3.05, 3.63) is 95.1 Å². The summed E-state index contributed by atoms with van der Waals surface area (Å²) in [6, 6.07) is 24.5. The van der Waals surface area contributed by atoms with Gasteiger partial charge in [0.05, 0.1) is 11.1 Å². The second-order valence-electron chi connectivity index (χ2n) is 8.04. The van der Waals surface area contributed by atoms with Crippen molar-refractivity contribution in [2.75, 3.05) is 0 Å². The van der Waals surface area contributed by atoms with Crippen molar-refractivity contribution in [1.29, 1.82) is 0 Å². The number of carbonyl (C=O) groups excluding carboxylic acids is 2. The predicted octanol–water partition coefficient (Wildman–Crippen LogP) is 6.43. The molecule has 1 aliphatic heterocycles. The standard InChI is InChI=1S/C19H18.C8H4O3/c1-13-5-4-7-15-10-11-17-16-8-3-2-6-14(16)9-12-18(17)19(13)15;9-7-5-3-1-2-4-6(5)8(10)11-7/h2-3,6,8-13H,4-5,7H2,1H3;1-4H. The summed E-state index contributed by atoms with van der Waals surface area (Å²) < 4.78 is 4.35. The highest BCUT2D eigenvalue weighted by molar-refractivity contribution is 6.14. The first-order valence-corrected chi connectivity index (χ1v) is 10.4. The molecule has 0 aromatic heterocycles. The summed E-state index contributed by atoms with van der Waals surface area (Å²) in [7, 11) is 0. The molecule has 4 aromatic rings. The van der Waals surface area contributed by atoms with E-state index in [1.165, 1.54) is 40.8 Å². The van der Waals surface area contributed by atoms with Gasteiger partial charge in [0.1, 0.15) is 0 Å². The molecule has 0 amide bonds. The van der Waals surface area contributed by atoms with E-state index in [1.807, 2.05) is 0 Å². The molecule has 1 aliphatic carbocycles. The molecule has 3 nitrogen and oxygen atoms in total. The maximum atomic E-state index is 10.8. The van der Waals surface area contributed by atoms with E-state index in [9.17, 15) is 9.59 Å². The van der Waals surface area contributed by atoms with Gasteiger partial charge < -0.3 is 4.74 Å². The number of carbonyl (C=O) groups is 2. The Morgan fingerprint density at radius 2 is 1.40 bits per heavy atom. The fourth-order valence-corrected chi connectivity index (χ4v) is 4.73. The van der Waals surface area contributed by atoms with Crippen molar-refractivity contribution < 1.29 is 14.3 Å². The lowest BCUT2D eigenvalue weighted by atomic mass is 9.80. The number of esters is 2. The van der Waals surface area contributed by atoms with Crippen LogP contribution < -0.4 is 0 Å². The molecule has 0 saturated heterocycles. The number of benzene rings is 4. The molecule has 0 radical (unpaired) electrons. The van der Waals surface area contributed by atoms with Crippen LogP contribution in [0, 0.1) is 0 Å². The summed E-state index contributed by atoms with van der Waals surface area (Å²) in [6.45, 7) is 2.38. The highest BCUT2D eigenvalue weighted by Crippen LogP contribution is 2.38. The topological polar surface area (TPSA) is 43.4 Å². The zero-order chi connectivity index (χ0) is 20.7. The monoisotopic (exact) mass is 394 g/mol. The summed E-state index contributed by atoms with van der Waals surface area (Å²) in [5.74, 6) is -0.398. The second kappa shape index (κ2) is 7.42. The highest BCUT2D eigenvalue weighted by atomic mass is 16.6. The molecule has 4 aromatic carbocycles.